The van der Waals surface area contributed by atoms with Gasteiger partial charge in [0.2, 0.25) is 0 Å². The first-order valence-electron chi connectivity index (χ1n) is 10.6. The fourth-order valence-corrected chi connectivity index (χ4v) is 3.93. The third kappa shape index (κ3) is 9.82. The number of nitrogens with one attached hydrogen (secondary N) is 2. The molecule has 0 aromatic heterocycles. The van der Waals surface area contributed by atoms with Crippen LogP contribution < -0.4 is 15.4 Å². The lowest BCUT2D eigenvalue weighted by atomic mass is 10.0. The first-order valence-corrected chi connectivity index (χ1v) is 12.5. The topological polar surface area (TPSA) is 83.0 Å². The van der Waals surface area contributed by atoms with Crippen molar-refractivity contribution >= 4 is 39.8 Å². The van der Waals surface area contributed by atoms with Crippen molar-refractivity contribution in [3.8, 4) is 5.75 Å². The number of sulfone groups is 1. The summed E-state index contributed by atoms with van der Waals surface area (Å²) in [5.41, 5.74) is 0. The maximum atomic E-state index is 11.5. The number of likely N-dealkylation sites (tertiary alicyclic amines) is 1. The average Bonchev–Trinajstić information content (AvgIpc) is 2.70. The van der Waals surface area contributed by atoms with Crippen molar-refractivity contribution in [1.29, 1.82) is 0 Å². The molecule has 0 radical (unpaired) electrons. The van der Waals surface area contributed by atoms with Gasteiger partial charge in [-0.05, 0) is 57.0 Å². The minimum Gasteiger partial charge on any atom is -0.492 e. The molecule has 1 aliphatic heterocycles. The molecule has 2 rings (SSSR count). The maximum Gasteiger partial charge on any atom is 0.191 e. The number of hydrogen-bond donors (Lipinski definition) is 2. The summed E-state index contributed by atoms with van der Waals surface area (Å²) in [5.74, 6) is 1.47. The molecule has 7 nitrogen and oxygen atoms in total. The molecule has 1 aromatic rings. The second-order valence-corrected chi connectivity index (χ2v) is 9.48. The lowest BCUT2D eigenvalue weighted by Gasteiger charge is -2.33. The van der Waals surface area contributed by atoms with Crippen LogP contribution in [0.15, 0.2) is 34.2 Å². The smallest absolute Gasteiger partial charge is 0.191 e. The van der Waals surface area contributed by atoms with E-state index in [1.54, 1.807) is 24.3 Å². The molecule has 172 valence electrons. The Labute approximate surface area is 199 Å². The van der Waals surface area contributed by atoms with Gasteiger partial charge >= 0.3 is 0 Å². The molecule has 0 spiro atoms. The van der Waals surface area contributed by atoms with Crippen molar-refractivity contribution in [3.63, 3.8) is 0 Å². The predicted octanol–water partition coefficient (Wildman–Crippen LogP) is 2.91. The number of aliphatic imine (C=N–C) groups is 1. The van der Waals surface area contributed by atoms with E-state index in [-0.39, 0.29) is 24.0 Å². The van der Waals surface area contributed by atoms with Crippen molar-refractivity contribution in [3.05, 3.63) is 24.3 Å². The maximum absolute atomic E-state index is 11.5. The highest BCUT2D eigenvalue weighted by Gasteiger charge is 2.19. The number of hydrogen-bond acceptors (Lipinski definition) is 5. The van der Waals surface area contributed by atoms with Gasteiger partial charge in [0.1, 0.15) is 12.4 Å². The number of nitrogens with zero attached hydrogens (tertiary/aromatic N) is 2. The van der Waals surface area contributed by atoms with Gasteiger partial charge in [0.05, 0.1) is 11.4 Å². The Morgan fingerprint density at radius 1 is 1.20 bits per heavy atom. The number of unbranched alkanes of at least 4 members (excludes halogenated alkanes) is 1. The van der Waals surface area contributed by atoms with Crippen LogP contribution in [-0.2, 0) is 9.84 Å². The molecule has 0 bridgehead atoms. The highest BCUT2D eigenvalue weighted by Crippen LogP contribution is 2.15. The molecule has 1 aliphatic rings. The van der Waals surface area contributed by atoms with Crippen molar-refractivity contribution in [2.45, 2.75) is 50.5 Å². The molecule has 2 N–H and O–H groups in total. The van der Waals surface area contributed by atoms with Crippen LogP contribution in [0.5, 0.6) is 5.75 Å². The summed E-state index contributed by atoms with van der Waals surface area (Å²) >= 11 is 0. The fraction of sp³-hybridized carbons (Fsp3) is 0.667. The number of rotatable bonds is 10. The summed E-state index contributed by atoms with van der Waals surface area (Å²) in [5, 5.41) is 6.85. The van der Waals surface area contributed by atoms with E-state index >= 15 is 0 Å². The van der Waals surface area contributed by atoms with Crippen molar-refractivity contribution in [2.75, 3.05) is 45.6 Å². The van der Waals surface area contributed by atoms with E-state index in [1.807, 2.05) is 0 Å². The van der Waals surface area contributed by atoms with Crippen LogP contribution in [0.1, 0.15) is 39.5 Å². The van der Waals surface area contributed by atoms with Crippen LogP contribution in [0.3, 0.4) is 0 Å². The highest BCUT2D eigenvalue weighted by atomic mass is 127. The number of ether oxygens (including phenoxy) is 1. The zero-order valence-electron chi connectivity index (χ0n) is 18.4. The van der Waals surface area contributed by atoms with Crippen LogP contribution in [0.4, 0.5) is 0 Å². The zero-order chi connectivity index (χ0) is 21.1. The predicted molar refractivity (Wildman–Crippen MR) is 134 cm³/mol. The molecule has 1 fully saturated rings. The van der Waals surface area contributed by atoms with Gasteiger partial charge in [-0.3, -0.25) is 0 Å². The lowest BCUT2D eigenvalue weighted by molar-refractivity contribution is 0.203. The molecule has 0 aliphatic carbocycles. The van der Waals surface area contributed by atoms with E-state index in [4.69, 9.17) is 4.74 Å². The minimum atomic E-state index is -3.18. The largest absolute Gasteiger partial charge is 0.492 e. The molecule has 0 atom stereocenters. The van der Waals surface area contributed by atoms with E-state index in [9.17, 15) is 8.42 Å². The fourth-order valence-electron chi connectivity index (χ4n) is 3.30. The normalized spacial score (nSPS) is 16.0. The summed E-state index contributed by atoms with van der Waals surface area (Å²) in [6.07, 6.45) is 6.00. The van der Waals surface area contributed by atoms with Crippen LogP contribution in [0.25, 0.3) is 0 Å². The Bertz CT molecular complexity index is 733. The number of guanidine groups is 1. The van der Waals surface area contributed by atoms with Crippen LogP contribution >= 0.6 is 24.0 Å². The summed E-state index contributed by atoms with van der Waals surface area (Å²) in [4.78, 5) is 7.45. The average molecular weight is 553 g/mol. The van der Waals surface area contributed by atoms with Crippen LogP contribution in [0, 0.1) is 0 Å². The SMILES string of the molecule is CCCCN1CCC(NC(=NCCOc2ccc(S(C)(=O)=O)cc2)NCC)CC1.I. The molecular weight excluding hydrogens is 515 g/mol. The van der Waals surface area contributed by atoms with Crippen molar-refractivity contribution in [1.82, 2.24) is 15.5 Å². The molecular formula is C21H37IN4O3S. The second-order valence-electron chi connectivity index (χ2n) is 7.47. The molecule has 1 heterocycles. The van der Waals surface area contributed by atoms with Gasteiger partial charge in [-0.25, -0.2) is 13.4 Å². The monoisotopic (exact) mass is 552 g/mol. The van der Waals surface area contributed by atoms with Gasteiger partial charge in [-0.1, -0.05) is 13.3 Å². The zero-order valence-corrected chi connectivity index (χ0v) is 21.5. The van der Waals surface area contributed by atoms with Crippen molar-refractivity contribution in [2.24, 2.45) is 4.99 Å². The van der Waals surface area contributed by atoms with Gasteiger partial charge in [-0.15, -0.1) is 24.0 Å². The molecule has 1 saturated heterocycles. The first kappa shape index (κ1) is 27.0. The van der Waals surface area contributed by atoms with Gasteiger partial charge < -0.3 is 20.3 Å². The van der Waals surface area contributed by atoms with E-state index < -0.39 is 9.84 Å². The lowest BCUT2D eigenvalue weighted by Crippen LogP contribution is -2.48. The second kappa shape index (κ2) is 14.1. The summed E-state index contributed by atoms with van der Waals surface area (Å²) in [7, 11) is -3.18. The number of halogens is 1. The Hall–Kier alpha value is -1.07. The van der Waals surface area contributed by atoms with E-state index in [0.717, 1.165) is 38.4 Å². The van der Waals surface area contributed by atoms with Crippen LogP contribution in [0.2, 0.25) is 0 Å². The minimum absolute atomic E-state index is 0. The Morgan fingerprint density at radius 3 is 2.43 bits per heavy atom. The van der Waals surface area contributed by atoms with Crippen LogP contribution in [-0.4, -0.2) is 70.9 Å². The van der Waals surface area contributed by atoms with Gasteiger partial charge in [0, 0.05) is 31.9 Å². The molecule has 0 saturated carbocycles. The Morgan fingerprint density at radius 2 is 1.87 bits per heavy atom. The van der Waals surface area contributed by atoms with Gasteiger partial charge in [0.15, 0.2) is 15.8 Å². The molecule has 9 heteroatoms. The summed E-state index contributed by atoms with van der Waals surface area (Å²) in [6, 6.07) is 6.93. The third-order valence-corrected chi connectivity index (χ3v) is 6.11. The van der Waals surface area contributed by atoms with E-state index in [1.165, 1.54) is 25.6 Å². The highest BCUT2D eigenvalue weighted by molar-refractivity contribution is 14.0. The molecule has 0 amide bonds. The van der Waals surface area contributed by atoms with Gasteiger partial charge in [-0.2, -0.15) is 0 Å². The standard InChI is InChI=1S/C21H36N4O3S.HI/c1-4-6-14-25-15-11-18(12-16-25)24-21(22-5-2)23-13-17-28-19-7-9-20(10-8-19)29(3,26)27;/h7-10,18H,4-6,11-17H2,1-3H3,(H2,22,23,24);1H. The Balaban J connectivity index is 0.00000450. The third-order valence-electron chi connectivity index (χ3n) is 4.98. The van der Waals surface area contributed by atoms with Gasteiger partial charge in [0.25, 0.3) is 0 Å². The number of benzene rings is 1. The van der Waals surface area contributed by atoms with E-state index in [2.05, 4.69) is 34.4 Å². The number of piperidine rings is 1. The van der Waals surface area contributed by atoms with E-state index in [0.29, 0.717) is 29.8 Å². The molecule has 30 heavy (non-hydrogen) atoms. The van der Waals surface area contributed by atoms with Crippen molar-refractivity contribution < 1.29 is 13.2 Å². The molecule has 0 unspecified atom stereocenters. The Kier molecular flexibility index (Phi) is 12.7. The summed E-state index contributed by atoms with van der Waals surface area (Å²) < 4.78 is 28.7. The quantitative estimate of drug-likeness (QED) is 0.201. The summed E-state index contributed by atoms with van der Waals surface area (Å²) in [6.45, 7) is 9.57. The first-order chi connectivity index (χ1) is 13.9. The molecule has 1 aromatic carbocycles.